The van der Waals surface area contributed by atoms with E-state index >= 15 is 0 Å². The molecule has 1 unspecified atom stereocenters. The van der Waals surface area contributed by atoms with E-state index in [9.17, 15) is 4.79 Å². The van der Waals surface area contributed by atoms with Crippen molar-refractivity contribution in [3.63, 3.8) is 0 Å². The fourth-order valence-electron chi connectivity index (χ4n) is 1.59. The number of nitrogens with one attached hydrogen (secondary N) is 2. The van der Waals surface area contributed by atoms with E-state index in [4.69, 9.17) is 0 Å². The van der Waals surface area contributed by atoms with E-state index in [-0.39, 0.29) is 6.09 Å². The monoisotopic (exact) mass is 186 g/mol. The van der Waals surface area contributed by atoms with Crippen LogP contribution in [0.3, 0.4) is 0 Å². The van der Waals surface area contributed by atoms with Gasteiger partial charge in [0.25, 0.3) is 0 Å². The molecule has 1 heterocycles. The second-order valence-electron chi connectivity index (χ2n) is 3.35. The zero-order chi connectivity index (χ0) is 9.52. The highest BCUT2D eigenvalue weighted by atomic mass is 16.5. The third-order valence-electron chi connectivity index (χ3n) is 2.36. The van der Waals surface area contributed by atoms with Crippen LogP contribution in [0.2, 0.25) is 0 Å². The molecular formula is C9H18N2O2. The lowest BCUT2D eigenvalue weighted by molar-refractivity contribution is 0.170. The molecule has 0 spiro atoms. The molecule has 4 nitrogen and oxygen atoms in total. The Morgan fingerprint density at radius 1 is 1.62 bits per heavy atom. The summed E-state index contributed by atoms with van der Waals surface area (Å²) in [5, 5.41) is 6.10. The molecule has 13 heavy (non-hydrogen) atoms. The predicted molar refractivity (Wildman–Crippen MR) is 50.7 cm³/mol. The number of piperidine rings is 1. The van der Waals surface area contributed by atoms with Gasteiger partial charge in [0.15, 0.2) is 0 Å². The average Bonchev–Trinajstić information content (AvgIpc) is 2.19. The highest BCUT2D eigenvalue weighted by Gasteiger charge is 2.11. The molecule has 1 fully saturated rings. The standard InChI is InChI=1S/C9H18N2O2/c1-13-9(12)11-7-5-8-4-2-3-6-10-8/h8,10H,2-7H2,1H3,(H,11,12). The minimum absolute atomic E-state index is 0.337. The van der Waals surface area contributed by atoms with E-state index in [2.05, 4.69) is 15.4 Å². The molecule has 1 atom stereocenters. The Morgan fingerprint density at radius 2 is 2.46 bits per heavy atom. The van der Waals surface area contributed by atoms with E-state index in [1.54, 1.807) is 0 Å². The quantitative estimate of drug-likeness (QED) is 0.687. The summed E-state index contributed by atoms with van der Waals surface area (Å²) in [6.45, 7) is 1.81. The second kappa shape index (κ2) is 5.80. The maximum absolute atomic E-state index is 10.7. The highest BCUT2D eigenvalue weighted by molar-refractivity contribution is 5.66. The number of carbonyl (C=O) groups is 1. The van der Waals surface area contributed by atoms with Crippen LogP contribution in [-0.4, -0.2) is 32.3 Å². The molecule has 0 aromatic rings. The third-order valence-corrected chi connectivity index (χ3v) is 2.36. The number of hydrogen-bond donors (Lipinski definition) is 2. The lowest BCUT2D eigenvalue weighted by atomic mass is 10.0. The van der Waals surface area contributed by atoms with Crippen molar-refractivity contribution in [1.29, 1.82) is 0 Å². The van der Waals surface area contributed by atoms with E-state index in [1.165, 1.54) is 26.4 Å². The van der Waals surface area contributed by atoms with Crippen LogP contribution >= 0.6 is 0 Å². The van der Waals surface area contributed by atoms with Crippen molar-refractivity contribution in [2.75, 3.05) is 20.2 Å². The van der Waals surface area contributed by atoms with Crippen LogP contribution in [0.5, 0.6) is 0 Å². The lowest BCUT2D eigenvalue weighted by Gasteiger charge is -2.23. The van der Waals surface area contributed by atoms with Gasteiger partial charge in [-0.2, -0.15) is 0 Å². The number of rotatable bonds is 3. The largest absolute Gasteiger partial charge is 0.453 e. The molecule has 1 amide bonds. The molecular weight excluding hydrogens is 168 g/mol. The molecule has 1 aliphatic heterocycles. The molecule has 0 radical (unpaired) electrons. The summed E-state index contributed by atoms with van der Waals surface area (Å²) in [5.74, 6) is 0. The van der Waals surface area contributed by atoms with Gasteiger partial charge in [-0.15, -0.1) is 0 Å². The van der Waals surface area contributed by atoms with Gasteiger partial charge >= 0.3 is 6.09 Å². The Bertz CT molecular complexity index is 156. The predicted octanol–water partition coefficient (Wildman–Crippen LogP) is 0.875. The molecule has 0 aliphatic carbocycles. The Morgan fingerprint density at radius 3 is 3.08 bits per heavy atom. The van der Waals surface area contributed by atoms with E-state index < -0.39 is 0 Å². The Balaban J connectivity index is 2.01. The van der Waals surface area contributed by atoms with Gasteiger partial charge in [-0.1, -0.05) is 6.42 Å². The van der Waals surface area contributed by atoms with Crippen LogP contribution in [-0.2, 0) is 4.74 Å². The normalized spacial score (nSPS) is 22.4. The molecule has 4 heteroatoms. The van der Waals surface area contributed by atoms with Gasteiger partial charge in [-0.3, -0.25) is 0 Å². The van der Waals surface area contributed by atoms with Gasteiger partial charge in [0.2, 0.25) is 0 Å². The number of ether oxygens (including phenoxy) is 1. The summed E-state index contributed by atoms with van der Waals surface area (Å²) in [7, 11) is 1.38. The van der Waals surface area contributed by atoms with Crippen LogP contribution in [0.15, 0.2) is 0 Å². The maximum Gasteiger partial charge on any atom is 0.406 e. The SMILES string of the molecule is COC(=O)NCCC1CCCCN1. The number of methoxy groups -OCH3 is 1. The number of carbonyl (C=O) groups excluding carboxylic acids is 1. The molecule has 2 N–H and O–H groups in total. The summed E-state index contributed by atoms with van der Waals surface area (Å²) < 4.78 is 4.47. The molecule has 0 aromatic carbocycles. The summed E-state index contributed by atoms with van der Waals surface area (Å²) in [6, 6.07) is 0.575. The Kier molecular flexibility index (Phi) is 4.60. The first-order chi connectivity index (χ1) is 6.33. The lowest BCUT2D eigenvalue weighted by Crippen LogP contribution is -2.37. The van der Waals surface area contributed by atoms with E-state index in [0.29, 0.717) is 12.6 Å². The zero-order valence-electron chi connectivity index (χ0n) is 8.14. The van der Waals surface area contributed by atoms with Gasteiger partial charge < -0.3 is 15.4 Å². The highest BCUT2D eigenvalue weighted by Crippen LogP contribution is 2.08. The van der Waals surface area contributed by atoms with Gasteiger partial charge in [-0.05, 0) is 25.8 Å². The van der Waals surface area contributed by atoms with Crippen LogP contribution in [0, 0.1) is 0 Å². The second-order valence-corrected chi connectivity index (χ2v) is 3.35. The van der Waals surface area contributed by atoms with Gasteiger partial charge in [0.05, 0.1) is 7.11 Å². The van der Waals surface area contributed by atoms with Crippen molar-refractivity contribution in [3.05, 3.63) is 0 Å². The summed E-state index contributed by atoms with van der Waals surface area (Å²) in [5.41, 5.74) is 0. The van der Waals surface area contributed by atoms with Crippen LogP contribution in [0.25, 0.3) is 0 Å². The fraction of sp³-hybridized carbons (Fsp3) is 0.889. The van der Waals surface area contributed by atoms with Gasteiger partial charge in [0, 0.05) is 12.6 Å². The summed E-state index contributed by atoms with van der Waals surface area (Å²) >= 11 is 0. The molecule has 1 rings (SSSR count). The maximum atomic E-state index is 10.7. The van der Waals surface area contributed by atoms with Crippen LogP contribution < -0.4 is 10.6 Å². The fourth-order valence-corrected chi connectivity index (χ4v) is 1.59. The molecule has 0 saturated carbocycles. The molecule has 0 aromatic heterocycles. The van der Waals surface area contributed by atoms with Crippen molar-refractivity contribution >= 4 is 6.09 Å². The average molecular weight is 186 g/mol. The van der Waals surface area contributed by atoms with Crippen LogP contribution in [0.1, 0.15) is 25.7 Å². The summed E-state index contributed by atoms with van der Waals surface area (Å²) in [6.07, 6.45) is 4.46. The van der Waals surface area contributed by atoms with Crippen LogP contribution in [0.4, 0.5) is 4.79 Å². The molecule has 1 saturated heterocycles. The summed E-state index contributed by atoms with van der Waals surface area (Å²) in [4.78, 5) is 10.7. The minimum atomic E-state index is -0.337. The first-order valence-electron chi connectivity index (χ1n) is 4.88. The Labute approximate surface area is 79.0 Å². The number of alkyl carbamates (subject to hydrolysis) is 1. The zero-order valence-corrected chi connectivity index (χ0v) is 8.14. The smallest absolute Gasteiger partial charge is 0.406 e. The first-order valence-corrected chi connectivity index (χ1v) is 4.88. The number of hydrogen-bond acceptors (Lipinski definition) is 3. The van der Waals surface area contributed by atoms with E-state index in [0.717, 1.165) is 13.0 Å². The van der Waals surface area contributed by atoms with Gasteiger partial charge in [-0.25, -0.2) is 4.79 Å². The molecule has 1 aliphatic rings. The molecule has 76 valence electrons. The van der Waals surface area contributed by atoms with Crippen molar-refractivity contribution in [2.24, 2.45) is 0 Å². The van der Waals surface area contributed by atoms with Gasteiger partial charge in [0.1, 0.15) is 0 Å². The van der Waals surface area contributed by atoms with Crippen molar-refractivity contribution in [2.45, 2.75) is 31.7 Å². The van der Waals surface area contributed by atoms with Crippen molar-refractivity contribution in [1.82, 2.24) is 10.6 Å². The third kappa shape index (κ3) is 4.12. The topological polar surface area (TPSA) is 50.4 Å². The van der Waals surface area contributed by atoms with Crippen molar-refractivity contribution < 1.29 is 9.53 Å². The van der Waals surface area contributed by atoms with Crippen molar-refractivity contribution in [3.8, 4) is 0 Å². The van der Waals surface area contributed by atoms with E-state index in [1.807, 2.05) is 0 Å². The first kappa shape index (κ1) is 10.3. The Hall–Kier alpha value is -0.770. The number of amides is 1. The minimum Gasteiger partial charge on any atom is -0.453 e. The molecule has 0 bridgehead atoms.